The van der Waals surface area contributed by atoms with Crippen molar-refractivity contribution in [1.29, 1.82) is 0 Å². The van der Waals surface area contributed by atoms with E-state index in [0.717, 1.165) is 23.3 Å². The molecule has 3 rings (SSSR count). The number of benzene rings is 2. The van der Waals surface area contributed by atoms with Gasteiger partial charge in [0.25, 0.3) is 0 Å². The molecule has 130 valence electrons. The van der Waals surface area contributed by atoms with E-state index in [0.29, 0.717) is 19.4 Å². The van der Waals surface area contributed by atoms with Crippen LogP contribution in [0.3, 0.4) is 0 Å². The molecule has 0 aromatic heterocycles. The Balaban J connectivity index is 1.62. The first-order valence-electron chi connectivity index (χ1n) is 8.01. The second-order valence-electron chi connectivity index (χ2n) is 6.33. The molecule has 0 unspecified atom stereocenters. The average Bonchev–Trinajstić information content (AvgIpc) is 3.39. The highest BCUT2D eigenvalue weighted by Crippen LogP contribution is 2.46. The monoisotopic (exact) mass is 344 g/mol. The van der Waals surface area contributed by atoms with Crippen LogP contribution >= 0.6 is 0 Å². The van der Waals surface area contributed by atoms with Gasteiger partial charge in [-0.15, -0.1) is 0 Å². The van der Waals surface area contributed by atoms with Gasteiger partial charge in [-0.3, -0.25) is 9.59 Å². The number of nitrogens with one attached hydrogen (secondary N) is 2. The van der Waals surface area contributed by atoms with Crippen molar-refractivity contribution in [2.24, 2.45) is 5.41 Å². The number of hydrogen-bond acceptors (Lipinski definition) is 2. The number of amides is 2. The molecule has 0 spiro atoms. The topological polar surface area (TPSA) is 58.2 Å². The quantitative estimate of drug-likeness (QED) is 0.818. The molecule has 0 heterocycles. The Bertz CT molecular complexity index is 815. The van der Waals surface area contributed by atoms with E-state index in [4.69, 9.17) is 0 Å². The van der Waals surface area contributed by atoms with Crippen LogP contribution in [0.1, 0.15) is 24.0 Å². The molecule has 0 atom stereocenters. The minimum atomic E-state index is -1.13. The van der Waals surface area contributed by atoms with E-state index in [2.05, 4.69) is 10.6 Å². The normalized spacial score (nSPS) is 14.7. The second kappa shape index (κ2) is 6.63. The third-order valence-electron chi connectivity index (χ3n) is 4.37. The maximum absolute atomic E-state index is 13.2. The molecular formula is C19H18F2N2O2. The van der Waals surface area contributed by atoms with E-state index in [1.165, 1.54) is 6.07 Å². The zero-order chi connectivity index (χ0) is 18.0. The van der Waals surface area contributed by atoms with Crippen molar-refractivity contribution in [2.75, 3.05) is 5.32 Å². The van der Waals surface area contributed by atoms with Gasteiger partial charge in [-0.1, -0.05) is 29.8 Å². The summed E-state index contributed by atoms with van der Waals surface area (Å²) >= 11 is 0. The van der Waals surface area contributed by atoms with Gasteiger partial charge in [-0.05, 0) is 37.5 Å². The molecule has 2 aromatic rings. The zero-order valence-electron chi connectivity index (χ0n) is 13.7. The highest BCUT2D eigenvalue weighted by molar-refractivity contribution is 6.13. The Kier molecular flexibility index (Phi) is 4.53. The predicted molar refractivity (Wildman–Crippen MR) is 89.7 cm³/mol. The lowest BCUT2D eigenvalue weighted by atomic mass is 10.0. The lowest BCUT2D eigenvalue weighted by Gasteiger charge is -2.15. The van der Waals surface area contributed by atoms with Gasteiger partial charge in [0.15, 0.2) is 11.6 Å². The van der Waals surface area contributed by atoms with Crippen LogP contribution in [0.15, 0.2) is 42.5 Å². The van der Waals surface area contributed by atoms with Crippen LogP contribution < -0.4 is 10.6 Å². The van der Waals surface area contributed by atoms with E-state index in [-0.39, 0.29) is 11.6 Å². The molecule has 6 heteroatoms. The maximum atomic E-state index is 13.2. The summed E-state index contributed by atoms with van der Waals surface area (Å²) in [7, 11) is 0. The zero-order valence-corrected chi connectivity index (χ0v) is 13.7. The molecule has 0 bridgehead atoms. The van der Waals surface area contributed by atoms with Crippen molar-refractivity contribution in [1.82, 2.24) is 5.32 Å². The molecule has 25 heavy (non-hydrogen) atoms. The van der Waals surface area contributed by atoms with Crippen LogP contribution in [0.25, 0.3) is 0 Å². The van der Waals surface area contributed by atoms with Gasteiger partial charge in [0.05, 0.1) is 0 Å². The van der Waals surface area contributed by atoms with Crippen LogP contribution in [0, 0.1) is 24.0 Å². The fourth-order valence-corrected chi connectivity index (χ4v) is 2.56. The molecule has 1 aliphatic carbocycles. The van der Waals surface area contributed by atoms with E-state index >= 15 is 0 Å². The third kappa shape index (κ3) is 3.68. The van der Waals surface area contributed by atoms with Gasteiger partial charge >= 0.3 is 0 Å². The minimum Gasteiger partial charge on any atom is -0.351 e. The highest BCUT2D eigenvalue weighted by atomic mass is 19.2. The van der Waals surface area contributed by atoms with E-state index in [9.17, 15) is 18.4 Å². The Hall–Kier alpha value is -2.76. The number of hydrogen-bond donors (Lipinski definition) is 2. The van der Waals surface area contributed by atoms with Crippen LogP contribution in [-0.2, 0) is 16.1 Å². The van der Waals surface area contributed by atoms with Gasteiger partial charge in [0.1, 0.15) is 5.41 Å². The summed E-state index contributed by atoms with van der Waals surface area (Å²) in [5, 5.41) is 5.27. The number of carbonyl (C=O) groups is 2. The van der Waals surface area contributed by atoms with E-state index < -0.39 is 23.0 Å². The molecule has 2 aromatic carbocycles. The average molecular weight is 344 g/mol. The summed E-state index contributed by atoms with van der Waals surface area (Å²) in [6.45, 7) is 2.31. The fraction of sp³-hybridized carbons (Fsp3) is 0.263. The van der Waals surface area contributed by atoms with Crippen molar-refractivity contribution >= 4 is 17.5 Å². The molecule has 2 amide bonds. The molecule has 1 aliphatic rings. The number of carbonyl (C=O) groups excluding carboxylic acids is 2. The van der Waals surface area contributed by atoms with Gasteiger partial charge in [-0.2, -0.15) is 0 Å². The summed E-state index contributed by atoms with van der Waals surface area (Å²) in [4.78, 5) is 24.8. The van der Waals surface area contributed by atoms with Gasteiger partial charge in [0, 0.05) is 18.3 Å². The maximum Gasteiger partial charge on any atom is 0.240 e. The molecule has 4 nitrogen and oxygen atoms in total. The van der Waals surface area contributed by atoms with Crippen molar-refractivity contribution in [3.8, 4) is 0 Å². The number of aryl methyl sites for hydroxylation is 1. The fourth-order valence-electron chi connectivity index (χ4n) is 2.56. The third-order valence-corrected chi connectivity index (χ3v) is 4.37. The first-order valence-corrected chi connectivity index (χ1v) is 8.01. The van der Waals surface area contributed by atoms with Crippen LogP contribution in [0.2, 0.25) is 0 Å². The highest BCUT2D eigenvalue weighted by Gasteiger charge is 2.56. The Morgan fingerprint density at radius 3 is 2.28 bits per heavy atom. The molecule has 1 fully saturated rings. The van der Waals surface area contributed by atoms with Gasteiger partial charge < -0.3 is 10.6 Å². The van der Waals surface area contributed by atoms with E-state index in [1.807, 2.05) is 31.2 Å². The number of anilines is 1. The van der Waals surface area contributed by atoms with Crippen LogP contribution in [0.4, 0.5) is 14.5 Å². The molecule has 2 N–H and O–H groups in total. The first-order chi connectivity index (χ1) is 11.9. The van der Waals surface area contributed by atoms with Crippen molar-refractivity contribution in [3.05, 3.63) is 65.2 Å². The lowest BCUT2D eigenvalue weighted by molar-refractivity contribution is -0.134. The van der Waals surface area contributed by atoms with E-state index in [1.54, 1.807) is 0 Å². The largest absolute Gasteiger partial charge is 0.351 e. The Labute approximate surface area is 144 Å². The molecule has 0 saturated heterocycles. The first kappa shape index (κ1) is 17.1. The van der Waals surface area contributed by atoms with Crippen LogP contribution in [-0.4, -0.2) is 11.8 Å². The number of rotatable bonds is 5. The minimum absolute atomic E-state index is 0.126. The molecule has 0 radical (unpaired) electrons. The molecule has 0 aliphatic heterocycles. The summed E-state index contributed by atoms with van der Waals surface area (Å²) in [5.41, 5.74) is 1.06. The Morgan fingerprint density at radius 2 is 1.68 bits per heavy atom. The van der Waals surface area contributed by atoms with Crippen molar-refractivity contribution < 1.29 is 18.4 Å². The molecule has 1 saturated carbocycles. The molecular weight excluding hydrogens is 326 g/mol. The van der Waals surface area contributed by atoms with Gasteiger partial charge in [0.2, 0.25) is 11.8 Å². The summed E-state index contributed by atoms with van der Waals surface area (Å²) in [6, 6.07) is 10.8. The van der Waals surface area contributed by atoms with Crippen molar-refractivity contribution in [3.63, 3.8) is 0 Å². The summed E-state index contributed by atoms with van der Waals surface area (Å²) in [5.74, 6) is -2.89. The standard InChI is InChI=1S/C19H18F2N2O2/c1-12-2-4-13(5-3-12)11-22-17(24)19(8-9-19)18(25)23-14-6-7-15(20)16(21)10-14/h2-7,10H,8-9,11H2,1H3,(H,22,24)(H,23,25). The van der Waals surface area contributed by atoms with Gasteiger partial charge in [-0.25, -0.2) is 8.78 Å². The Morgan fingerprint density at radius 1 is 1.00 bits per heavy atom. The summed E-state index contributed by atoms with van der Waals surface area (Å²) in [6.07, 6.45) is 0.866. The smallest absolute Gasteiger partial charge is 0.240 e. The lowest BCUT2D eigenvalue weighted by Crippen LogP contribution is -2.39. The SMILES string of the molecule is Cc1ccc(CNC(=O)C2(C(=O)Nc3ccc(F)c(F)c3)CC2)cc1. The second-order valence-corrected chi connectivity index (χ2v) is 6.33. The number of halogens is 2. The predicted octanol–water partition coefficient (Wildman–Crippen LogP) is 3.31. The van der Waals surface area contributed by atoms with Crippen LogP contribution in [0.5, 0.6) is 0 Å². The van der Waals surface area contributed by atoms with Crippen molar-refractivity contribution in [2.45, 2.75) is 26.3 Å². The summed E-state index contributed by atoms with van der Waals surface area (Å²) < 4.78 is 26.2.